The van der Waals surface area contributed by atoms with Crippen molar-refractivity contribution in [2.45, 2.75) is 39.7 Å². The third kappa shape index (κ3) is 4.01. The number of likely N-dealkylation sites (N-methyl/N-ethyl adjacent to an activating group) is 1. The van der Waals surface area contributed by atoms with E-state index in [0.29, 0.717) is 0 Å². The van der Waals surface area contributed by atoms with Crippen LogP contribution >= 0.6 is 12.2 Å². The van der Waals surface area contributed by atoms with Gasteiger partial charge in [-0.25, -0.2) is 0 Å². The highest BCUT2D eigenvalue weighted by Gasteiger charge is 2.41. The Balaban J connectivity index is 2.62. The molecule has 0 aromatic carbocycles. The zero-order valence-electron chi connectivity index (χ0n) is 13.2. The summed E-state index contributed by atoms with van der Waals surface area (Å²) in [4.78, 5) is 5.10. The maximum absolute atomic E-state index is 10.1. The molecule has 110 valence electrons. The van der Waals surface area contributed by atoms with E-state index in [-0.39, 0.29) is 5.41 Å². The van der Waals surface area contributed by atoms with E-state index < -0.39 is 6.10 Å². The average molecular weight is 284 g/mol. The lowest BCUT2D eigenvalue weighted by atomic mass is 9.73. The van der Waals surface area contributed by atoms with Crippen LogP contribution in [0.15, 0.2) is 11.3 Å². The largest absolute Gasteiger partial charge is 0.381 e. The molecule has 0 bridgehead atoms. The Kier molecular flexibility index (Phi) is 5.53. The molecule has 1 aliphatic carbocycles. The summed E-state index contributed by atoms with van der Waals surface area (Å²) in [5, 5.41) is 10.1. The van der Waals surface area contributed by atoms with Gasteiger partial charge in [-0.15, -0.1) is 0 Å². The number of hydrogen-bond donors (Lipinski definition) is 1. The zero-order valence-corrected chi connectivity index (χ0v) is 14.0. The molecule has 0 amide bonds. The first-order chi connectivity index (χ1) is 8.66. The van der Waals surface area contributed by atoms with Gasteiger partial charge in [-0.05, 0) is 44.5 Å². The molecule has 19 heavy (non-hydrogen) atoms. The van der Waals surface area contributed by atoms with Gasteiger partial charge < -0.3 is 14.9 Å². The lowest BCUT2D eigenvalue weighted by molar-refractivity contribution is 0.204. The molecular weight excluding hydrogens is 256 g/mol. The minimum Gasteiger partial charge on any atom is -0.381 e. The van der Waals surface area contributed by atoms with E-state index in [0.717, 1.165) is 35.6 Å². The second-order valence-corrected chi connectivity index (χ2v) is 7.15. The zero-order chi connectivity index (χ0) is 14.8. The van der Waals surface area contributed by atoms with Gasteiger partial charge in [-0.1, -0.05) is 33.0 Å². The van der Waals surface area contributed by atoms with Crippen molar-refractivity contribution in [1.29, 1.82) is 0 Å². The van der Waals surface area contributed by atoms with Gasteiger partial charge in [0.05, 0.1) is 10.6 Å². The number of unbranched alkanes of at least 4 members (excludes halogenated alkanes) is 1. The molecule has 4 heteroatoms. The molecule has 0 heterocycles. The van der Waals surface area contributed by atoms with Crippen LogP contribution in [0.4, 0.5) is 0 Å². The number of aliphatic hydroxyl groups is 1. The van der Waals surface area contributed by atoms with E-state index in [9.17, 15) is 5.11 Å². The minimum atomic E-state index is -0.539. The van der Waals surface area contributed by atoms with Gasteiger partial charge >= 0.3 is 0 Å². The van der Waals surface area contributed by atoms with Crippen LogP contribution in [-0.4, -0.2) is 60.1 Å². The number of aliphatic hydroxyl groups excluding tert-OH is 1. The van der Waals surface area contributed by atoms with Crippen LogP contribution in [-0.2, 0) is 0 Å². The number of hydrogen-bond acceptors (Lipinski definition) is 4. The van der Waals surface area contributed by atoms with Gasteiger partial charge in [0.2, 0.25) is 0 Å². The Morgan fingerprint density at radius 1 is 1.11 bits per heavy atom. The molecule has 0 saturated heterocycles. The van der Waals surface area contributed by atoms with Crippen LogP contribution in [0.5, 0.6) is 0 Å². The maximum Gasteiger partial charge on any atom is 0.129 e. The summed E-state index contributed by atoms with van der Waals surface area (Å²) in [6, 6.07) is 0. The lowest BCUT2D eigenvalue weighted by Gasteiger charge is -2.42. The summed E-state index contributed by atoms with van der Waals surface area (Å²) < 4.78 is 0. The van der Waals surface area contributed by atoms with E-state index >= 15 is 0 Å². The third-order valence-electron chi connectivity index (χ3n) is 3.52. The van der Waals surface area contributed by atoms with Crippen molar-refractivity contribution in [3.8, 4) is 0 Å². The Bertz CT molecular complexity index is 369. The van der Waals surface area contributed by atoms with Crippen LogP contribution in [0.1, 0.15) is 33.6 Å². The Labute approximate surface area is 123 Å². The van der Waals surface area contributed by atoms with Crippen molar-refractivity contribution >= 4 is 17.1 Å². The van der Waals surface area contributed by atoms with Crippen molar-refractivity contribution < 1.29 is 5.11 Å². The molecule has 0 aliphatic heterocycles. The lowest BCUT2D eigenvalue weighted by Crippen LogP contribution is -2.47. The van der Waals surface area contributed by atoms with E-state index in [1.165, 1.54) is 6.42 Å². The van der Waals surface area contributed by atoms with E-state index in [4.69, 9.17) is 12.2 Å². The SMILES string of the molecule is CN(C)CCCCN(C)C1=C(C(C)(C)C)C(=S)C1O. The van der Waals surface area contributed by atoms with Gasteiger partial charge in [0.25, 0.3) is 0 Å². The smallest absolute Gasteiger partial charge is 0.129 e. The summed E-state index contributed by atoms with van der Waals surface area (Å²) in [5.74, 6) is 0. The highest BCUT2D eigenvalue weighted by Crippen LogP contribution is 2.40. The van der Waals surface area contributed by atoms with Crippen molar-refractivity contribution in [3.05, 3.63) is 11.3 Å². The number of nitrogens with zero attached hydrogens (tertiary/aromatic N) is 2. The fraction of sp³-hybridized carbons (Fsp3) is 0.800. The summed E-state index contributed by atoms with van der Waals surface area (Å²) in [5.41, 5.74) is 2.20. The highest BCUT2D eigenvalue weighted by atomic mass is 32.1. The van der Waals surface area contributed by atoms with Crippen LogP contribution < -0.4 is 0 Å². The predicted molar refractivity (Wildman–Crippen MR) is 85.5 cm³/mol. The van der Waals surface area contributed by atoms with Crippen LogP contribution in [0.2, 0.25) is 0 Å². The quantitative estimate of drug-likeness (QED) is 0.598. The van der Waals surface area contributed by atoms with Crippen molar-refractivity contribution in [2.75, 3.05) is 34.2 Å². The molecule has 1 rings (SSSR count). The molecule has 1 N–H and O–H groups in total. The first-order valence-electron chi connectivity index (χ1n) is 6.99. The average Bonchev–Trinajstić information content (AvgIpc) is 2.27. The third-order valence-corrected chi connectivity index (χ3v) is 3.95. The van der Waals surface area contributed by atoms with E-state index in [1.54, 1.807) is 0 Å². The van der Waals surface area contributed by atoms with Gasteiger partial charge in [0, 0.05) is 13.6 Å². The molecule has 0 aromatic heterocycles. The molecule has 0 fully saturated rings. The van der Waals surface area contributed by atoms with Crippen LogP contribution in [0, 0.1) is 5.41 Å². The van der Waals surface area contributed by atoms with E-state index in [1.807, 2.05) is 0 Å². The fourth-order valence-corrected chi connectivity index (χ4v) is 3.02. The van der Waals surface area contributed by atoms with Crippen molar-refractivity contribution in [1.82, 2.24) is 9.80 Å². The Morgan fingerprint density at radius 2 is 1.63 bits per heavy atom. The summed E-state index contributed by atoms with van der Waals surface area (Å²) in [6.07, 6.45) is 1.77. The standard InChI is InChI=1S/C15H28N2OS/c1-15(2,3)11-12(13(18)14(11)19)17(6)10-8-7-9-16(4)5/h13,18H,7-10H2,1-6H3. The van der Waals surface area contributed by atoms with Gasteiger partial charge in [-0.3, -0.25) is 0 Å². The fourth-order valence-electron chi connectivity index (χ4n) is 2.50. The van der Waals surface area contributed by atoms with Gasteiger partial charge in [0.1, 0.15) is 6.10 Å². The molecule has 1 aliphatic rings. The molecule has 0 spiro atoms. The number of thiocarbonyl (C=S) groups is 1. The Morgan fingerprint density at radius 3 is 2.11 bits per heavy atom. The highest BCUT2D eigenvalue weighted by molar-refractivity contribution is 7.81. The van der Waals surface area contributed by atoms with E-state index in [2.05, 4.69) is 51.7 Å². The molecule has 0 saturated carbocycles. The maximum atomic E-state index is 10.1. The molecule has 3 nitrogen and oxygen atoms in total. The van der Waals surface area contributed by atoms with Gasteiger partial charge in [0.15, 0.2) is 0 Å². The molecule has 1 unspecified atom stereocenters. The predicted octanol–water partition coefficient (Wildman–Crippen LogP) is 2.30. The number of rotatable bonds is 6. The molecular formula is C15H28N2OS. The second kappa shape index (κ2) is 6.33. The van der Waals surface area contributed by atoms with Gasteiger partial charge in [-0.2, -0.15) is 0 Å². The molecule has 0 aromatic rings. The molecule has 1 atom stereocenters. The second-order valence-electron chi connectivity index (χ2n) is 6.71. The van der Waals surface area contributed by atoms with Crippen molar-refractivity contribution in [3.63, 3.8) is 0 Å². The first-order valence-corrected chi connectivity index (χ1v) is 7.40. The van der Waals surface area contributed by atoms with Crippen LogP contribution in [0.3, 0.4) is 0 Å². The summed E-state index contributed by atoms with van der Waals surface area (Å²) >= 11 is 5.30. The summed E-state index contributed by atoms with van der Waals surface area (Å²) in [7, 11) is 6.25. The minimum absolute atomic E-state index is 0.0174. The monoisotopic (exact) mass is 284 g/mol. The summed E-state index contributed by atoms with van der Waals surface area (Å²) in [6.45, 7) is 8.55. The van der Waals surface area contributed by atoms with Crippen LogP contribution in [0.25, 0.3) is 0 Å². The topological polar surface area (TPSA) is 26.7 Å². The van der Waals surface area contributed by atoms with Crippen molar-refractivity contribution in [2.24, 2.45) is 5.41 Å². The first kappa shape index (κ1) is 16.6. The Hall–Kier alpha value is -0.450. The normalized spacial score (nSPS) is 20.0. The molecule has 0 radical (unpaired) electrons.